The molecule has 0 unspecified atom stereocenters. The summed E-state index contributed by atoms with van der Waals surface area (Å²) < 4.78 is 0. The van der Waals surface area contributed by atoms with Gasteiger partial charge in [0.2, 0.25) is 0 Å². The summed E-state index contributed by atoms with van der Waals surface area (Å²) in [6.07, 6.45) is 4.13. The Morgan fingerprint density at radius 2 is 2.12 bits per heavy atom. The van der Waals surface area contributed by atoms with Crippen LogP contribution in [0.2, 0.25) is 0 Å². The van der Waals surface area contributed by atoms with Crippen molar-refractivity contribution >= 4 is 10.9 Å². The summed E-state index contributed by atoms with van der Waals surface area (Å²) in [7, 11) is 0. The molecule has 0 saturated heterocycles. The molecule has 3 nitrogen and oxygen atoms in total. The molecule has 16 heavy (non-hydrogen) atoms. The first-order valence-corrected chi connectivity index (χ1v) is 5.60. The second-order valence-electron chi connectivity index (χ2n) is 4.87. The minimum absolute atomic E-state index is 0.316. The topological polar surface area (TPSA) is 56.2 Å². The molecule has 0 spiro atoms. The van der Waals surface area contributed by atoms with Gasteiger partial charge in [-0.1, -0.05) is 6.07 Å². The number of benzene rings is 1. The lowest BCUT2D eigenvalue weighted by molar-refractivity contribution is 0.150. The molecule has 3 rings (SSSR count). The maximum absolute atomic E-state index is 10.2. The Bertz CT molecular complexity index is 552. The fourth-order valence-corrected chi connectivity index (χ4v) is 2.23. The van der Waals surface area contributed by atoms with E-state index in [1.165, 1.54) is 0 Å². The number of hydrogen-bond donors (Lipinski definition) is 3. The maximum atomic E-state index is 10.2. The molecule has 84 valence electrons. The van der Waals surface area contributed by atoms with E-state index in [9.17, 15) is 10.2 Å². The van der Waals surface area contributed by atoms with Gasteiger partial charge in [-0.15, -0.1) is 0 Å². The number of phenolic OH excluding ortho intramolecular Hbond substituents is 1. The monoisotopic (exact) mass is 217 g/mol. The summed E-state index contributed by atoms with van der Waals surface area (Å²) in [6.45, 7) is 1.97. The second kappa shape index (κ2) is 3.01. The molecule has 0 atom stereocenters. The minimum Gasteiger partial charge on any atom is -0.507 e. The first-order valence-electron chi connectivity index (χ1n) is 5.60. The van der Waals surface area contributed by atoms with Crippen LogP contribution < -0.4 is 0 Å². The number of fused-ring (bicyclic) bond motifs is 1. The van der Waals surface area contributed by atoms with Crippen LogP contribution in [0.15, 0.2) is 18.3 Å². The van der Waals surface area contributed by atoms with Crippen molar-refractivity contribution < 1.29 is 10.2 Å². The molecule has 1 fully saturated rings. The zero-order chi connectivity index (χ0) is 11.3. The van der Waals surface area contributed by atoms with Crippen molar-refractivity contribution in [2.75, 3.05) is 0 Å². The van der Waals surface area contributed by atoms with E-state index in [0.29, 0.717) is 12.2 Å². The zero-order valence-corrected chi connectivity index (χ0v) is 9.25. The Labute approximate surface area is 93.7 Å². The summed E-state index contributed by atoms with van der Waals surface area (Å²) in [6, 6.07) is 3.85. The van der Waals surface area contributed by atoms with Gasteiger partial charge in [0.05, 0.1) is 5.60 Å². The lowest BCUT2D eigenvalue weighted by atomic mass is 10.0. The van der Waals surface area contributed by atoms with Crippen LogP contribution in [0.1, 0.15) is 24.0 Å². The Balaban J connectivity index is 2.11. The summed E-state index contributed by atoms with van der Waals surface area (Å²) in [5.74, 6) is 0.316. The van der Waals surface area contributed by atoms with Crippen molar-refractivity contribution in [3.63, 3.8) is 0 Å². The number of aromatic amines is 1. The summed E-state index contributed by atoms with van der Waals surface area (Å²) >= 11 is 0. The number of phenols is 1. The van der Waals surface area contributed by atoms with Gasteiger partial charge >= 0.3 is 0 Å². The predicted octanol–water partition coefficient (Wildman–Crippen LogP) is 2.25. The molecule has 1 aromatic carbocycles. The van der Waals surface area contributed by atoms with Gasteiger partial charge in [0.1, 0.15) is 5.75 Å². The number of H-pyrrole nitrogens is 1. The molecule has 1 aliphatic rings. The lowest BCUT2D eigenvalue weighted by Crippen LogP contribution is -2.10. The van der Waals surface area contributed by atoms with Crippen molar-refractivity contribution in [1.29, 1.82) is 0 Å². The predicted molar refractivity (Wildman–Crippen MR) is 62.6 cm³/mol. The van der Waals surface area contributed by atoms with Crippen LogP contribution in [0.25, 0.3) is 10.9 Å². The SMILES string of the molecule is Cc1c[nH]c2ccc(CC3(O)CC3)c(O)c12. The van der Waals surface area contributed by atoms with Crippen LogP contribution in [-0.2, 0) is 6.42 Å². The van der Waals surface area contributed by atoms with E-state index in [4.69, 9.17) is 0 Å². The Kier molecular flexibility index (Phi) is 1.83. The highest BCUT2D eigenvalue weighted by Gasteiger charge is 2.40. The third-order valence-corrected chi connectivity index (χ3v) is 3.45. The normalized spacial score (nSPS) is 17.9. The number of rotatable bonds is 2. The first-order chi connectivity index (χ1) is 7.59. The highest BCUT2D eigenvalue weighted by Crippen LogP contribution is 2.41. The quantitative estimate of drug-likeness (QED) is 0.722. The van der Waals surface area contributed by atoms with Crippen LogP contribution >= 0.6 is 0 Å². The van der Waals surface area contributed by atoms with Gasteiger partial charge in [-0.25, -0.2) is 0 Å². The van der Waals surface area contributed by atoms with E-state index < -0.39 is 5.60 Å². The maximum Gasteiger partial charge on any atom is 0.128 e. The smallest absolute Gasteiger partial charge is 0.128 e. The molecule has 0 bridgehead atoms. The molecule has 1 aliphatic carbocycles. The largest absolute Gasteiger partial charge is 0.507 e. The summed E-state index contributed by atoms with van der Waals surface area (Å²) in [5, 5.41) is 20.9. The van der Waals surface area contributed by atoms with Crippen molar-refractivity contribution in [3.05, 3.63) is 29.5 Å². The number of hydrogen-bond acceptors (Lipinski definition) is 2. The van der Waals surface area contributed by atoms with Crippen LogP contribution in [-0.4, -0.2) is 20.8 Å². The third kappa shape index (κ3) is 1.39. The minimum atomic E-state index is -0.560. The van der Waals surface area contributed by atoms with Gasteiger partial charge in [0, 0.05) is 23.5 Å². The number of aromatic nitrogens is 1. The van der Waals surface area contributed by atoms with Crippen molar-refractivity contribution in [2.24, 2.45) is 0 Å². The Hall–Kier alpha value is -1.48. The molecular weight excluding hydrogens is 202 g/mol. The van der Waals surface area contributed by atoms with Crippen LogP contribution in [0.3, 0.4) is 0 Å². The molecule has 1 heterocycles. The van der Waals surface area contributed by atoms with E-state index in [0.717, 1.165) is 34.9 Å². The fraction of sp³-hybridized carbons (Fsp3) is 0.385. The van der Waals surface area contributed by atoms with Crippen molar-refractivity contribution in [1.82, 2.24) is 4.98 Å². The summed E-state index contributed by atoms with van der Waals surface area (Å²) in [4.78, 5) is 3.11. The Morgan fingerprint density at radius 1 is 1.38 bits per heavy atom. The standard InChI is InChI=1S/C13H15NO2/c1-8-7-14-10-3-2-9(12(15)11(8)10)6-13(16)4-5-13/h2-3,7,14-16H,4-6H2,1H3. The molecule has 2 aromatic rings. The average molecular weight is 217 g/mol. The van der Waals surface area contributed by atoms with E-state index in [2.05, 4.69) is 4.98 Å². The number of aryl methyl sites for hydroxylation is 1. The van der Waals surface area contributed by atoms with Crippen LogP contribution in [0, 0.1) is 6.92 Å². The number of aliphatic hydroxyl groups is 1. The lowest BCUT2D eigenvalue weighted by Gasteiger charge is -2.10. The van der Waals surface area contributed by atoms with Crippen LogP contribution in [0.5, 0.6) is 5.75 Å². The average Bonchev–Trinajstić information content (AvgIpc) is 2.84. The molecule has 0 aliphatic heterocycles. The van der Waals surface area contributed by atoms with Gasteiger partial charge in [-0.2, -0.15) is 0 Å². The molecule has 0 amide bonds. The number of aromatic hydroxyl groups is 1. The molecule has 1 aromatic heterocycles. The van der Waals surface area contributed by atoms with E-state index in [1.807, 2.05) is 25.3 Å². The van der Waals surface area contributed by atoms with Gasteiger partial charge in [-0.05, 0) is 37.0 Å². The number of nitrogens with one attached hydrogen (secondary N) is 1. The zero-order valence-electron chi connectivity index (χ0n) is 9.25. The van der Waals surface area contributed by atoms with E-state index in [1.54, 1.807) is 0 Å². The summed E-state index contributed by atoms with van der Waals surface area (Å²) in [5.41, 5.74) is 2.27. The third-order valence-electron chi connectivity index (χ3n) is 3.45. The van der Waals surface area contributed by atoms with Gasteiger partial charge in [0.15, 0.2) is 0 Å². The van der Waals surface area contributed by atoms with Gasteiger partial charge in [-0.3, -0.25) is 0 Å². The van der Waals surface area contributed by atoms with Gasteiger partial charge in [0.25, 0.3) is 0 Å². The van der Waals surface area contributed by atoms with Gasteiger partial charge < -0.3 is 15.2 Å². The highest BCUT2D eigenvalue weighted by atomic mass is 16.3. The van der Waals surface area contributed by atoms with Crippen LogP contribution in [0.4, 0.5) is 0 Å². The van der Waals surface area contributed by atoms with E-state index >= 15 is 0 Å². The Morgan fingerprint density at radius 3 is 2.81 bits per heavy atom. The van der Waals surface area contributed by atoms with Crippen molar-refractivity contribution in [3.8, 4) is 5.75 Å². The highest BCUT2D eigenvalue weighted by molar-refractivity contribution is 5.90. The molecule has 3 heteroatoms. The second-order valence-corrected chi connectivity index (χ2v) is 4.87. The van der Waals surface area contributed by atoms with E-state index in [-0.39, 0.29) is 0 Å². The fourth-order valence-electron chi connectivity index (χ4n) is 2.23. The molecule has 1 saturated carbocycles. The molecule has 0 radical (unpaired) electrons. The molecule has 3 N–H and O–H groups in total. The molecular formula is C13H15NO2. The first kappa shape index (κ1) is 9.73. The van der Waals surface area contributed by atoms with Crippen molar-refractivity contribution in [2.45, 2.75) is 31.8 Å².